The number of hydrogen-bond donors (Lipinski definition) is 2. The van der Waals surface area contributed by atoms with Gasteiger partial charge in [0.2, 0.25) is 0 Å². The highest BCUT2D eigenvalue weighted by Gasteiger charge is 2.10. The van der Waals surface area contributed by atoms with E-state index in [4.69, 9.17) is 9.47 Å². The second-order valence-electron chi connectivity index (χ2n) is 6.76. The molecular formula is C23H19FN4O6. The summed E-state index contributed by atoms with van der Waals surface area (Å²) in [6.45, 7) is -0.299. The van der Waals surface area contributed by atoms with E-state index in [0.717, 1.165) is 0 Å². The summed E-state index contributed by atoms with van der Waals surface area (Å²) in [5, 5.41) is 17.1. The summed E-state index contributed by atoms with van der Waals surface area (Å²) in [5.41, 5.74) is 3.42. The predicted octanol–water partition coefficient (Wildman–Crippen LogP) is 3.52. The quantitative estimate of drug-likeness (QED) is 0.282. The number of anilines is 1. The summed E-state index contributed by atoms with van der Waals surface area (Å²) >= 11 is 0. The zero-order chi connectivity index (χ0) is 24.5. The lowest BCUT2D eigenvalue weighted by molar-refractivity contribution is -0.384. The second-order valence-corrected chi connectivity index (χ2v) is 6.76. The van der Waals surface area contributed by atoms with E-state index < -0.39 is 22.6 Å². The minimum absolute atomic E-state index is 0.123. The minimum Gasteiger partial charge on any atom is -0.493 e. The Morgan fingerprint density at radius 1 is 1.06 bits per heavy atom. The van der Waals surface area contributed by atoms with Crippen molar-refractivity contribution in [1.29, 1.82) is 0 Å². The number of benzene rings is 3. The molecule has 0 bridgehead atoms. The van der Waals surface area contributed by atoms with Crippen LogP contribution in [-0.2, 0) is 4.79 Å². The van der Waals surface area contributed by atoms with Gasteiger partial charge in [0.25, 0.3) is 17.5 Å². The number of rotatable bonds is 9. The third kappa shape index (κ3) is 6.60. The minimum atomic E-state index is -0.557. The van der Waals surface area contributed by atoms with E-state index in [2.05, 4.69) is 15.8 Å². The third-order valence-corrected chi connectivity index (χ3v) is 4.39. The summed E-state index contributed by atoms with van der Waals surface area (Å²) < 4.78 is 23.7. The molecule has 0 aliphatic carbocycles. The maximum atomic E-state index is 12.9. The maximum absolute atomic E-state index is 12.9. The first-order chi connectivity index (χ1) is 16.4. The van der Waals surface area contributed by atoms with E-state index in [1.165, 1.54) is 61.9 Å². The van der Waals surface area contributed by atoms with E-state index >= 15 is 0 Å². The number of nitrogens with one attached hydrogen (secondary N) is 2. The topological polar surface area (TPSA) is 132 Å². The number of ether oxygens (including phenoxy) is 2. The largest absolute Gasteiger partial charge is 0.493 e. The third-order valence-electron chi connectivity index (χ3n) is 4.39. The van der Waals surface area contributed by atoms with Crippen LogP contribution in [0.15, 0.2) is 71.8 Å². The fourth-order valence-corrected chi connectivity index (χ4v) is 2.72. The van der Waals surface area contributed by atoms with Crippen molar-refractivity contribution in [1.82, 2.24) is 5.43 Å². The van der Waals surface area contributed by atoms with Gasteiger partial charge < -0.3 is 14.8 Å². The average molecular weight is 466 g/mol. The smallest absolute Gasteiger partial charge is 0.271 e. The molecule has 3 aromatic carbocycles. The number of nitro groups is 1. The van der Waals surface area contributed by atoms with Crippen molar-refractivity contribution in [3.8, 4) is 11.5 Å². The molecule has 0 aliphatic rings. The van der Waals surface area contributed by atoms with E-state index in [0.29, 0.717) is 22.7 Å². The highest BCUT2D eigenvalue weighted by molar-refractivity contribution is 5.95. The molecule has 0 heterocycles. The predicted molar refractivity (Wildman–Crippen MR) is 122 cm³/mol. The van der Waals surface area contributed by atoms with Crippen LogP contribution in [0.1, 0.15) is 15.9 Å². The lowest BCUT2D eigenvalue weighted by Gasteiger charge is -2.11. The van der Waals surface area contributed by atoms with Crippen LogP contribution in [0.2, 0.25) is 0 Å². The average Bonchev–Trinajstić information content (AvgIpc) is 2.84. The number of nitrogens with zero attached hydrogens (tertiary/aromatic N) is 2. The number of non-ortho nitro benzene ring substituents is 1. The highest BCUT2D eigenvalue weighted by atomic mass is 19.1. The van der Waals surface area contributed by atoms with Gasteiger partial charge in [-0.3, -0.25) is 19.7 Å². The number of hydrazone groups is 1. The molecule has 0 aliphatic heterocycles. The summed E-state index contributed by atoms with van der Waals surface area (Å²) in [5.74, 6) is -0.740. The van der Waals surface area contributed by atoms with Crippen molar-refractivity contribution in [2.24, 2.45) is 5.10 Å². The van der Waals surface area contributed by atoms with E-state index in [1.54, 1.807) is 18.2 Å². The molecule has 3 rings (SSSR count). The van der Waals surface area contributed by atoms with E-state index in [1.807, 2.05) is 0 Å². The van der Waals surface area contributed by atoms with Crippen molar-refractivity contribution in [3.63, 3.8) is 0 Å². The fraction of sp³-hybridized carbons (Fsp3) is 0.0870. The summed E-state index contributed by atoms with van der Waals surface area (Å²) in [7, 11) is 1.43. The van der Waals surface area contributed by atoms with Gasteiger partial charge in [0.15, 0.2) is 18.1 Å². The molecule has 0 radical (unpaired) electrons. The zero-order valence-corrected chi connectivity index (χ0v) is 17.9. The number of halogens is 1. The molecule has 0 unspecified atom stereocenters. The Labute approximate surface area is 193 Å². The fourth-order valence-electron chi connectivity index (χ4n) is 2.72. The monoisotopic (exact) mass is 466 g/mol. The first kappa shape index (κ1) is 23.9. The highest BCUT2D eigenvalue weighted by Crippen LogP contribution is 2.27. The van der Waals surface area contributed by atoms with Crippen molar-refractivity contribution in [3.05, 3.63) is 93.8 Å². The zero-order valence-electron chi connectivity index (χ0n) is 17.9. The Morgan fingerprint density at radius 3 is 2.41 bits per heavy atom. The Bertz CT molecular complexity index is 1210. The van der Waals surface area contributed by atoms with Gasteiger partial charge in [0.1, 0.15) is 5.82 Å². The summed E-state index contributed by atoms with van der Waals surface area (Å²) in [6, 6.07) is 15.2. The van der Waals surface area contributed by atoms with Crippen LogP contribution in [0.5, 0.6) is 11.5 Å². The SMILES string of the molecule is COc1cc(/C=N/NC(=O)c2ccc([N+](=O)[O-])cc2)ccc1OCC(=O)Nc1ccc(F)cc1. The van der Waals surface area contributed by atoms with Crippen LogP contribution in [0.25, 0.3) is 0 Å². The number of carbonyl (C=O) groups is 2. The van der Waals surface area contributed by atoms with Crippen LogP contribution >= 0.6 is 0 Å². The molecule has 0 fully saturated rings. The molecule has 0 atom stereocenters. The van der Waals surface area contributed by atoms with Gasteiger partial charge in [-0.05, 0) is 60.2 Å². The van der Waals surface area contributed by atoms with Gasteiger partial charge >= 0.3 is 0 Å². The Morgan fingerprint density at radius 2 is 1.76 bits per heavy atom. The Balaban J connectivity index is 1.55. The Hall–Kier alpha value is -4.80. The van der Waals surface area contributed by atoms with Crippen molar-refractivity contribution < 1.29 is 28.4 Å². The van der Waals surface area contributed by atoms with Gasteiger partial charge in [-0.25, -0.2) is 9.82 Å². The molecule has 10 nitrogen and oxygen atoms in total. The summed E-state index contributed by atoms with van der Waals surface area (Å²) in [6.07, 6.45) is 1.37. The number of nitro benzene ring substituents is 1. The first-order valence-corrected chi connectivity index (χ1v) is 9.80. The van der Waals surface area contributed by atoms with Gasteiger partial charge in [-0.1, -0.05) is 0 Å². The van der Waals surface area contributed by atoms with Crippen molar-refractivity contribution in [2.75, 3.05) is 19.0 Å². The molecule has 174 valence electrons. The number of hydrogen-bond acceptors (Lipinski definition) is 7. The molecule has 0 saturated heterocycles. The van der Waals surface area contributed by atoms with E-state index in [9.17, 15) is 24.1 Å². The van der Waals surface area contributed by atoms with Crippen LogP contribution in [-0.4, -0.2) is 36.7 Å². The molecule has 2 N–H and O–H groups in total. The molecule has 0 aromatic heterocycles. The maximum Gasteiger partial charge on any atom is 0.271 e. The van der Waals surface area contributed by atoms with Crippen LogP contribution in [0, 0.1) is 15.9 Å². The van der Waals surface area contributed by atoms with Crippen LogP contribution < -0.4 is 20.2 Å². The van der Waals surface area contributed by atoms with Crippen LogP contribution in [0.3, 0.4) is 0 Å². The second kappa shape index (κ2) is 11.2. The molecule has 2 amide bonds. The standard InChI is InChI=1S/C23H19FN4O6/c1-33-21-12-15(13-25-27-23(30)16-3-9-19(10-4-16)28(31)32)2-11-20(21)34-14-22(29)26-18-7-5-17(24)6-8-18/h2-13H,14H2,1H3,(H,26,29)(H,27,30)/b25-13+. The molecule has 34 heavy (non-hydrogen) atoms. The van der Waals surface area contributed by atoms with Gasteiger partial charge in [-0.15, -0.1) is 0 Å². The molecule has 0 spiro atoms. The molecular weight excluding hydrogens is 447 g/mol. The van der Waals surface area contributed by atoms with Gasteiger partial charge in [0, 0.05) is 23.4 Å². The Kier molecular flexibility index (Phi) is 7.84. The number of amides is 2. The summed E-state index contributed by atoms with van der Waals surface area (Å²) in [4.78, 5) is 34.3. The lowest BCUT2D eigenvalue weighted by Crippen LogP contribution is -2.20. The van der Waals surface area contributed by atoms with Gasteiger partial charge in [-0.2, -0.15) is 5.10 Å². The van der Waals surface area contributed by atoms with Crippen LogP contribution in [0.4, 0.5) is 15.8 Å². The number of carbonyl (C=O) groups excluding carboxylic acids is 2. The van der Waals surface area contributed by atoms with E-state index in [-0.39, 0.29) is 17.9 Å². The van der Waals surface area contributed by atoms with Crippen molar-refractivity contribution >= 4 is 29.4 Å². The molecule has 11 heteroatoms. The number of methoxy groups -OCH3 is 1. The normalized spacial score (nSPS) is 10.5. The molecule has 3 aromatic rings. The lowest BCUT2D eigenvalue weighted by atomic mass is 10.2. The first-order valence-electron chi connectivity index (χ1n) is 9.80. The van der Waals surface area contributed by atoms with Crippen molar-refractivity contribution in [2.45, 2.75) is 0 Å². The van der Waals surface area contributed by atoms with Gasteiger partial charge in [0.05, 0.1) is 18.2 Å². The molecule has 0 saturated carbocycles.